The number of fused-ring (bicyclic) bond motifs is 1. The first-order chi connectivity index (χ1) is 8.22. The minimum absolute atomic E-state index is 0. The van der Waals surface area contributed by atoms with Crippen molar-refractivity contribution >= 4 is 24.0 Å². The topological polar surface area (TPSA) is 44.5 Å². The van der Waals surface area contributed by atoms with Crippen LogP contribution in [0.2, 0.25) is 5.02 Å². The molecule has 1 atom stereocenters. The van der Waals surface area contributed by atoms with Crippen molar-refractivity contribution < 1.29 is 9.47 Å². The zero-order chi connectivity index (χ0) is 12.3. The molecule has 5 heteroatoms. The van der Waals surface area contributed by atoms with Crippen LogP contribution in [0.1, 0.15) is 44.2 Å². The molecule has 0 amide bonds. The Labute approximate surface area is 119 Å². The van der Waals surface area contributed by atoms with Crippen molar-refractivity contribution in [1.82, 2.24) is 0 Å². The van der Waals surface area contributed by atoms with Gasteiger partial charge in [0.2, 0.25) is 6.79 Å². The van der Waals surface area contributed by atoms with Gasteiger partial charge in [-0.2, -0.15) is 0 Å². The fourth-order valence-electron chi connectivity index (χ4n) is 1.99. The van der Waals surface area contributed by atoms with Crippen LogP contribution < -0.4 is 15.2 Å². The number of unbranched alkanes of at least 4 members (excludes halogenated alkanes) is 2. The lowest BCUT2D eigenvalue weighted by Gasteiger charge is -2.14. The van der Waals surface area contributed by atoms with Crippen molar-refractivity contribution in [2.24, 2.45) is 5.73 Å². The number of benzene rings is 1. The highest BCUT2D eigenvalue weighted by atomic mass is 35.5. The summed E-state index contributed by atoms with van der Waals surface area (Å²) in [7, 11) is 0. The van der Waals surface area contributed by atoms with Gasteiger partial charge in [0.15, 0.2) is 11.5 Å². The lowest BCUT2D eigenvalue weighted by molar-refractivity contribution is 0.174. The maximum Gasteiger partial charge on any atom is 0.231 e. The SMILES string of the molecule is CCCCC[C@@H](N)c1cc2c(cc1Cl)OCO2.Cl. The average molecular weight is 292 g/mol. The Morgan fingerprint density at radius 3 is 2.61 bits per heavy atom. The van der Waals surface area contributed by atoms with Crippen molar-refractivity contribution in [3.63, 3.8) is 0 Å². The van der Waals surface area contributed by atoms with Crippen molar-refractivity contribution in [3.8, 4) is 11.5 Å². The van der Waals surface area contributed by atoms with Gasteiger partial charge >= 0.3 is 0 Å². The van der Waals surface area contributed by atoms with E-state index in [1.807, 2.05) is 6.07 Å². The number of hydrogen-bond donors (Lipinski definition) is 1. The van der Waals surface area contributed by atoms with Gasteiger partial charge < -0.3 is 15.2 Å². The number of halogens is 2. The summed E-state index contributed by atoms with van der Waals surface area (Å²) in [6, 6.07) is 3.67. The predicted octanol–water partition coefficient (Wildman–Crippen LogP) is 4.07. The Morgan fingerprint density at radius 2 is 1.94 bits per heavy atom. The molecule has 1 aromatic carbocycles. The number of nitrogens with two attached hydrogens (primary N) is 1. The summed E-state index contributed by atoms with van der Waals surface area (Å²) in [5.74, 6) is 1.45. The van der Waals surface area contributed by atoms with Gasteiger partial charge in [0.05, 0.1) is 0 Å². The molecule has 3 nitrogen and oxygen atoms in total. The van der Waals surface area contributed by atoms with E-state index in [1.54, 1.807) is 6.07 Å². The van der Waals surface area contributed by atoms with Crippen molar-refractivity contribution in [2.45, 2.75) is 38.6 Å². The Kier molecular flexibility index (Phi) is 6.06. The highest BCUT2D eigenvalue weighted by Gasteiger charge is 2.19. The molecule has 0 aliphatic carbocycles. The lowest BCUT2D eigenvalue weighted by Crippen LogP contribution is -2.10. The van der Waals surface area contributed by atoms with Crippen LogP contribution in [-0.4, -0.2) is 6.79 Å². The maximum atomic E-state index is 6.20. The third-order valence-electron chi connectivity index (χ3n) is 3.01. The molecule has 0 bridgehead atoms. The number of rotatable bonds is 5. The molecule has 0 saturated carbocycles. The summed E-state index contributed by atoms with van der Waals surface area (Å²) in [4.78, 5) is 0. The molecule has 1 heterocycles. The molecule has 0 spiro atoms. The molecule has 1 aromatic rings. The molecule has 1 aliphatic rings. The smallest absolute Gasteiger partial charge is 0.231 e. The minimum atomic E-state index is -0.0245. The fourth-order valence-corrected chi connectivity index (χ4v) is 2.28. The molecule has 0 radical (unpaired) electrons. The molecule has 18 heavy (non-hydrogen) atoms. The molecular weight excluding hydrogens is 273 g/mol. The van der Waals surface area contributed by atoms with E-state index in [1.165, 1.54) is 12.8 Å². The normalized spacial score (nSPS) is 14.2. The van der Waals surface area contributed by atoms with Crippen molar-refractivity contribution in [3.05, 3.63) is 22.7 Å². The summed E-state index contributed by atoms with van der Waals surface area (Å²) < 4.78 is 10.6. The van der Waals surface area contributed by atoms with Crippen LogP contribution >= 0.6 is 24.0 Å². The monoisotopic (exact) mass is 291 g/mol. The first-order valence-corrected chi connectivity index (χ1v) is 6.44. The van der Waals surface area contributed by atoms with Gasteiger partial charge in [-0.15, -0.1) is 12.4 Å². The van der Waals surface area contributed by atoms with Crippen LogP contribution in [0.5, 0.6) is 11.5 Å². The first kappa shape index (κ1) is 15.4. The minimum Gasteiger partial charge on any atom is -0.454 e. The third-order valence-corrected chi connectivity index (χ3v) is 3.34. The fraction of sp³-hybridized carbons (Fsp3) is 0.538. The average Bonchev–Trinajstić information content (AvgIpc) is 2.75. The molecule has 0 saturated heterocycles. The van der Waals surface area contributed by atoms with E-state index in [2.05, 4.69) is 6.92 Å². The summed E-state index contributed by atoms with van der Waals surface area (Å²) in [5, 5.41) is 0.665. The second-order valence-electron chi connectivity index (χ2n) is 4.33. The van der Waals surface area contributed by atoms with E-state index >= 15 is 0 Å². The van der Waals surface area contributed by atoms with Gasteiger partial charge in [-0.25, -0.2) is 0 Å². The molecular formula is C13H19Cl2NO2. The third kappa shape index (κ3) is 3.44. The second kappa shape index (κ2) is 7.07. The largest absolute Gasteiger partial charge is 0.454 e. The second-order valence-corrected chi connectivity index (χ2v) is 4.74. The molecule has 0 unspecified atom stereocenters. The van der Waals surface area contributed by atoms with E-state index in [4.69, 9.17) is 26.8 Å². The van der Waals surface area contributed by atoms with E-state index in [9.17, 15) is 0 Å². The van der Waals surface area contributed by atoms with Crippen molar-refractivity contribution in [1.29, 1.82) is 0 Å². The molecule has 2 rings (SSSR count). The molecule has 0 fully saturated rings. The van der Waals surface area contributed by atoms with Crippen LogP contribution in [0.15, 0.2) is 12.1 Å². The van der Waals surface area contributed by atoms with Crippen LogP contribution in [0, 0.1) is 0 Å². The lowest BCUT2D eigenvalue weighted by atomic mass is 10.0. The maximum absolute atomic E-state index is 6.20. The highest BCUT2D eigenvalue weighted by molar-refractivity contribution is 6.31. The van der Waals surface area contributed by atoms with E-state index in [0.29, 0.717) is 10.8 Å². The van der Waals surface area contributed by atoms with Crippen LogP contribution in [0.4, 0.5) is 0 Å². The molecule has 2 N–H and O–H groups in total. The van der Waals surface area contributed by atoms with Crippen LogP contribution in [-0.2, 0) is 0 Å². The number of hydrogen-bond acceptors (Lipinski definition) is 3. The summed E-state index contributed by atoms with van der Waals surface area (Å²) >= 11 is 6.20. The summed E-state index contributed by atoms with van der Waals surface area (Å²) in [6.45, 7) is 2.44. The Balaban J connectivity index is 0.00000162. The number of ether oxygens (including phenoxy) is 2. The standard InChI is InChI=1S/C13H18ClNO2.ClH/c1-2-3-4-5-11(15)9-6-12-13(7-10(9)14)17-8-16-12;/h6-7,11H,2-5,8,15H2,1H3;1H/t11-;/m1./s1. The van der Waals surface area contributed by atoms with Gasteiger partial charge in [0, 0.05) is 17.1 Å². The van der Waals surface area contributed by atoms with Gasteiger partial charge in [0.25, 0.3) is 0 Å². The van der Waals surface area contributed by atoms with Gasteiger partial charge in [0.1, 0.15) is 0 Å². The molecule has 102 valence electrons. The quantitative estimate of drug-likeness (QED) is 0.832. The predicted molar refractivity (Wildman–Crippen MR) is 75.9 cm³/mol. The van der Waals surface area contributed by atoms with Gasteiger partial charge in [-0.05, 0) is 18.1 Å². The first-order valence-electron chi connectivity index (χ1n) is 6.07. The Bertz CT molecular complexity index is 399. The zero-order valence-electron chi connectivity index (χ0n) is 10.4. The van der Waals surface area contributed by atoms with E-state index in [-0.39, 0.29) is 25.2 Å². The molecule has 0 aromatic heterocycles. The van der Waals surface area contributed by atoms with Crippen LogP contribution in [0.25, 0.3) is 0 Å². The van der Waals surface area contributed by atoms with E-state index in [0.717, 1.165) is 24.2 Å². The summed E-state index contributed by atoms with van der Waals surface area (Å²) in [6.07, 6.45) is 4.48. The Hall–Kier alpha value is -0.640. The Morgan fingerprint density at radius 1 is 1.28 bits per heavy atom. The van der Waals surface area contributed by atoms with E-state index < -0.39 is 0 Å². The summed E-state index contributed by atoms with van der Waals surface area (Å²) in [5.41, 5.74) is 7.10. The van der Waals surface area contributed by atoms with Crippen molar-refractivity contribution in [2.75, 3.05) is 6.79 Å². The van der Waals surface area contributed by atoms with Crippen LogP contribution in [0.3, 0.4) is 0 Å². The van der Waals surface area contributed by atoms with Gasteiger partial charge in [-0.3, -0.25) is 0 Å². The zero-order valence-corrected chi connectivity index (χ0v) is 12.0. The highest BCUT2D eigenvalue weighted by Crippen LogP contribution is 2.39. The molecule has 1 aliphatic heterocycles. The van der Waals surface area contributed by atoms with Gasteiger partial charge in [-0.1, -0.05) is 37.8 Å².